The smallest absolute Gasteiger partial charge is 0.165 e. The zero-order chi connectivity index (χ0) is 17.4. The van der Waals surface area contributed by atoms with Crippen LogP contribution in [-0.4, -0.2) is 27.4 Å². The first-order chi connectivity index (χ1) is 11.7. The van der Waals surface area contributed by atoms with E-state index in [-0.39, 0.29) is 0 Å². The molecular weight excluding hydrogens is 326 g/mol. The second kappa shape index (κ2) is 9.40. The molecule has 5 heteroatoms. The van der Waals surface area contributed by atoms with Crippen LogP contribution in [0.3, 0.4) is 0 Å². The fourth-order valence-corrected chi connectivity index (χ4v) is 2.69. The second-order valence-corrected chi connectivity index (χ2v) is 5.74. The molecule has 24 heavy (non-hydrogen) atoms. The first-order valence-corrected chi connectivity index (χ1v) is 8.38. The van der Waals surface area contributed by atoms with Crippen molar-refractivity contribution >= 4 is 11.6 Å². The Labute approximate surface area is 148 Å². The van der Waals surface area contributed by atoms with Crippen LogP contribution in [0.1, 0.15) is 18.1 Å². The maximum atomic E-state index is 6.16. The van der Waals surface area contributed by atoms with Crippen molar-refractivity contribution in [2.45, 2.75) is 19.9 Å². The lowest BCUT2D eigenvalue weighted by molar-refractivity contribution is 0.307. The minimum absolute atomic E-state index is 0.580. The lowest BCUT2D eigenvalue weighted by Gasteiger charge is -2.15. The summed E-state index contributed by atoms with van der Waals surface area (Å²) >= 11 is 6.16. The van der Waals surface area contributed by atoms with Crippen LogP contribution in [-0.2, 0) is 13.0 Å². The summed E-state index contributed by atoms with van der Waals surface area (Å²) in [6.07, 6.45) is 0.936. The fraction of sp³-hybridized carbons (Fsp3) is 0.368. The molecule has 0 fully saturated rings. The van der Waals surface area contributed by atoms with E-state index in [1.807, 2.05) is 25.1 Å². The molecule has 0 aliphatic rings. The molecular formula is C19H24ClNO3. The quantitative estimate of drug-likeness (QED) is 0.692. The van der Waals surface area contributed by atoms with Crippen molar-refractivity contribution in [2.24, 2.45) is 0 Å². The van der Waals surface area contributed by atoms with E-state index in [4.69, 9.17) is 25.8 Å². The molecule has 0 spiro atoms. The van der Waals surface area contributed by atoms with Gasteiger partial charge in [-0.2, -0.15) is 0 Å². The molecule has 0 atom stereocenters. The Hall–Kier alpha value is -1.91. The molecule has 0 radical (unpaired) electrons. The van der Waals surface area contributed by atoms with Crippen LogP contribution in [0.2, 0.25) is 5.02 Å². The van der Waals surface area contributed by atoms with Crippen LogP contribution in [0.15, 0.2) is 36.4 Å². The predicted molar refractivity (Wildman–Crippen MR) is 97.6 cm³/mol. The Balaban J connectivity index is 1.94. The summed E-state index contributed by atoms with van der Waals surface area (Å²) in [4.78, 5) is 0. The van der Waals surface area contributed by atoms with Crippen molar-refractivity contribution in [2.75, 3.05) is 27.4 Å². The number of benzene rings is 2. The third-order valence-corrected chi connectivity index (χ3v) is 3.89. The summed E-state index contributed by atoms with van der Waals surface area (Å²) in [5.74, 6) is 2.29. The fourth-order valence-electron chi connectivity index (χ4n) is 2.46. The van der Waals surface area contributed by atoms with E-state index < -0.39 is 0 Å². The first kappa shape index (κ1) is 18.4. The SMILES string of the molecule is CCOc1c(CNCCc2ccc(OC)cc2)cc(Cl)cc1OC. The zero-order valence-electron chi connectivity index (χ0n) is 14.4. The van der Waals surface area contributed by atoms with E-state index in [0.717, 1.165) is 30.0 Å². The van der Waals surface area contributed by atoms with Crippen LogP contribution in [0.4, 0.5) is 0 Å². The number of hydrogen-bond acceptors (Lipinski definition) is 4. The normalized spacial score (nSPS) is 10.5. The van der Waals surface area contributed by atoms with E-state index in [1.165, 1.54) is 5.56 Å². The van der Waals surface area contributed by atoms with Gasteiger partial charge in [-0.25, -0.2) is 0 Å². The summed E-state index contributed by atoms with van der Waals surface area (Å²) in [6.45, 7) is 4.06. The number of halogens is 1. The van der Waals surface area contributed by atoms with E-state index in [0.29, 0.717) is 23.9 Å². The van der Waals surface area contributed by atoms with Crippen molar-refractivity contribution in [1.82, 2.24) is 5.32 Å². The molecule has 0 aliphatic heterocycles. The molecule has 130 valence electrons. The number of ether oxygens (including phenoxy) is 3. The molecule has 2 aromatic carbocycles. The Kier molecular flexibility index (Phi) is 7.22. The van der Waals surface area contributed by atoms with Crippen LogP contribution in [0.5, 0.6) is 17.2 Å². The van der Waals surface area contributed by atoms with E-state index in [9.17, 15) is 0 Å². The first-order valence-electron chi connectivity index (χ1n) is 8.00. The van der Waals surface area contributed by atoms with Gasteiger partial charge in [0.1, 0.15) is 5.75 Å². The highest BCUT2D eigenvalue weighted by molar-refractivity contribution is 6.30. The molecule has 0 saturated heterocycles. The molecule has 4 nitrogen and oxygen atoms in total. The summed E-state index contributed by atoms with van der Waals surface area (Å²) in [7, 11) is 3.29. The molecule has 0 aromatic heterocycles. The van der Waals surface area contributed by atoms with Gasteiger partial charge in [-0.3, -0.25) is 0 Å². The van der Waals surface area contributed by atoms with Gasteiger partial charge in [-0.05, 0) is 43.7 Å². The number of nitrogens with one attached hydrogen (secondary N) is 1. The minimum Gasteiger partial charge on any atom is -0.497 e. The Bertz CT molecular complexity index is 644. The van der Waals surface area contributed by atoms with Crippen LogP contribution >= 0.6 is 11.6 Å². The molecule has 0 heterocycles. The van der Waals surface area contributed by atoms with Gasteiger partial charge in [-0.1, -0.05) is 23.7 Å². The summed E-state index contributed by atoms with van der Waals surface area (Å²) in [6, 6.07) is 11.8. The second-order valence-electron chi connectivity index (χ2n) is 5.30. The molecule has 0 aliphatic carbocycles. The Morgan fingerprint density at radius 3 is 2.42 bits per heavy atom. The van der Waals surface area contributed by atoms with E-state index in [2.05, 4.69) is 17.4 Å². The van der Waals surface area contributed by atoms with E-state index in [1.54, 1.807) is 20.3 Å². The van der Waals surface area contributed by atoms with Gasteiger partial charge in [0.15, 0.2) is 11.5 Å². The predicted octanol–water partition coefficient (Wildman–Crippen LogP) is 4.09. The summed E-state index contributed by atoms with van der Waals surface area (Å²) in [5.41, 5.74) is 2.26. The third-order valence-electron chi connectivity index (χ3n) is 3.67. The van der Waals surface area contributed by atoms with Crippen molar-refractivity contribution < 1.29 is 14.2 Å². The Morgan fingerprint density at radius 2 is 1.79 bits per heavy atom. The van der Waals surface area contributed by atoms with Gasteiger partial charge in [0.2, 0.25) is 0 Å². The molecule has 0 saturated carbocycles. The molecule has 2 aromatic rings. The van der Waals surface area contributed by atoms with Gasteiger partial charge in [-0.15, -0.1) is 0 Å². The minimum atomic E-state index is 0.580. The highest BCUT2D eigenvalue weighted by atomic mass is 35.5. The average molecular weight is 350 g/mol. The largest absolute Gasteiger partial charge is 0.497 e. The lowest BCUT2D eigenvalue weighted by Crippen LogP contribution is -2.17. The zero-order valence-corrected chi connectivity index (χ0v) is 15.2. The van der Waals surface area contributed by atoms with Crippen molar-refractivity contribution in [3.05, 3.63) is 52.5 Å². The van der Waals surface area contributed by atoms with Crippen molar-refractivity contribution in [3.63, 3.8) is 0 Å². The highest BCUT2D eigenvalue weighted by Crippen LogP contribution is 2.34. The maximum Gasteiger partial charge on any atom is 0.165 e. The van der Waals surface area contributed by atoms with E-state index >= 15 is 0 Å². The topological polar surface area (TPSA) is 39.7 Å². The lowest BCUT2D eigenvalue weighted by atomic mass is 10.1. The summed E-state index contributed by atoms with van der Waals surface area (Å²) in [5, 5.41) is 4.07. The van der Waals surface area contributed by atoms with Crippen LogP contribution in [0.25, 0.3) is 0 Å². The number of hydrogen-bond donors (Lipinski definition) is 1. The number of methoxy groups -OCH3 is 2. The van der Waals surface area contributed by atoms with Crippen molar-refractivity contribution in [3.8, 4) is 17.2 Å². The molecule has 1 N–H and O–H groups in total. The summed E-state index contributed by atoms with van der Waals surface area (Å²) < 4.78 is 16.3. The van der Waals surface area contributed by atoms with Crippen molar-refractivity contribution in [1.29, 1.82) is 0 Å². The molecule has 0 bridgehead atoms. The van der Waals surface area contributed by atoms with Gasteiger partial charge in [0, 0.05) is 23.2 Å². The van der Waals surface area contributed by atoms with Gasteiger partial charge in [0.25, 0.3) is 0 Å². The monoisotopic (exact) mass is 349 g/mol. The van der Waals surface area contributed by atoms with Crippen LogP contribution in [0, 0.1) is 0 Å². The van der Waals surface area contributed by atoms with Crippen LogP contribution < -0.4 is 19.5 Å². The van der Waals surface area contributed by atoms with Gasteiger partial charge >= 0.3 is 0 Å². The average Bonchev–Trinajstić information content (AvgIpc) is 2.61. The Morgan fingerprint density at radius 1 is 1.04 bits per heavy atom. The maximum absolute atomic E-state index is 6.16. The molecule has 2 rings (SSSR count). The highest BCUT2D eigenvalue weighted by Gasteiger charge is 2.12. The number of rotatable bonds is 9. The standard InChI is InChI=1S/C19H24ClNO3/c1-4-24-19-15(11-16(20)12-18(19)23-3)13-21-10-9-14-5-7-17(22-2)8-6-14/h5-8,11-12,21H,4,9-10,13H2,1-3H3. The molecule has 0 amide bonds. The third kappa shape index (κ3) is 5.05. The van der Waals surface area contributed by atoms with Gasteiger partial charge in [0.05, 0.1) is 20.8 Å². The molecule has 0 unspecified atom stereocenters. The van der Waals surface area contributed by atoms with Gasteiger partial charge < -0.3 is 19.5 Å².